The first-order chi connectivity index (χ1) is 10.1. The van der Waals surface area contributed by atoms with Crippen molar-refractivity contribution < 1.29 is 14.5 Å². The summed E-state index contributed by atoms with van der Waals surface area (Å²) in [6, 6.07) is 4.46. The standard InChI is InChI=1S/C14H21N3O4/c1-3-8-15-13-11(6-5-7-12(13)17(19)20)14(18)16-9-10-21-4-2/h5-7,15H,3-4,8-10H2,1-2H3,(H,16,18). The summed E-state index contributed by atoms with van der Waals surface area (Å²) in [6.45, 7) is 5.73. The number of nitro groups is 1. The lowest BCUT2D eigenvalue weighted by atomic mass is 10.1. The van der Waals surface area contributed by atoms with Gasteiger partial charge in [-0.2, -0.15) is 0 Å². The number of rotatable bonds is 9. The topological polar surface area (TPSA) is 93.5 Å². The number of nitrogens with one attached hydrogen (secondary N) is 2. The number of nitrogens with zero attached hydrogens (tertiary/aromatic N) is 1. The molecular weight excluding hydrogens is 274 g/mol. The van der Waals surface area contributed by atoms with Gasteiger partial charge in [0.25, 0.3) is 11.6 Å². The van der Waals surface area contributed by atoms with Gasteiger partial charge >= 0.3 is 0 Å². The highest BCUT2D eigenvalue weighted by Crippen LogP contribution is 2.28. The predicted octanol–water partition coefficient (Wildman–Crippen LogP) is 2.18. The highest BCUT2D eigenvalue weighted by Gasteiger charge is 2.20. The van der Waals surface area contributed by atoms with Crippen LogP contribution in [0.3, 0.4) is 0 Å². The van der Waals surface area contributed by atoms with Crippen LogP contribution in [0.15, 0.2) is 18.2 Å². The van der Waals surface area contributed by atoms with E-state index in [1.165, 1.54) is 12.1 Å². The zero-order valence-electron chi connectivity index (χ0n) is 12.3. The molecule has 0 atom stereocenters. The summed E-state index contributed by atoms with van der Waals surface area (Å²) in [5.74, 6) is -0.350. The van der Waals surface area contributed by atoms with Crippen LogP contribution in [-0.4, -0.2) is 37.1 Å². The highest BCUT2D eigenvalue weighted by atomic mass is 16.6. The van der Waals surface area contributed by atoms with Crippen LogP contribution >= 0.6 is 0 Å². The molecule has 1 amide bonds. The third-order valence-electron chi connectivity index (χ3n) is 2.77. The number of benzene rings is 1. The number of hydrogen-bond donors (Lipinski definition) is 2. The summed E-state index contributed by atoms with van der Waals surface area (Å²) < 4.78 is 5.14. The van der Waals surface area contributed by atoms with Gasteiger partial charge in [0, 0.05) is 25.8 Å². The summed E-state index contributed by atoms with van der Waals surface area (Å²) in [5, 5.41) is 16.7. The molecule has 0 aliphatic heterocycles. The Morgan fingerprint density at radius 3 is 2.71 bits per heavy atom. The molecule has 0 aliphatic carbocycles. The van der Waals surface area contributed by atoms with Crippen molar-refractivity contribution >= 4 is 17.3 Å². The van der Waals surface area contributed by atoms with Crippen molar-refractivity contribution in [1.29, 1.82) is 0 Å². The second kappa shape index (κ2) is 8.91. The summed E-state index contributed by atoms with van der Waals surface area (Å²) >= 11 is 0. The summed E-state index contributed by atoms with van der Waals surface area (Å²) in [6.07, 6.45) is 0.803. The number of amides is 1. The number of hydrogen-bond acceptors (Lipinski definition) is 5. The lowest BCUT2D eigenvalue weighted by molar-refractivity contribution is -0.384. The molecule has 1 aromatic carbocycles. The van der Waals surface area contributed by atoms with Crippen molar-refractivity contribution in [2.45, 2.75) is 20.3 Å². The second-order valence-electron chi connectivity index (χ2n) is 4.34. The van der Waals surface area contributed by atoms with Crippen LogP contribution in [0.2, 0.25) is 0 Å². The van der Waals surface area contributed by atoms with E-state index in [1.54, 1.807) is 6.07 Å². The van der Waals surface area contributed by atoms with Crippen molar-refractivity contribution in [3.05, 3.63) is 33.9 Å². The molecule has 0 heterocycles. The Bertz CT molecular complexity index is 491. The molecule has 0 fully saturated rings. The monoisotopic (exact) mass is 295 g/mol. The minimum Gasteiger partial charge on any atom is -0.380 e. The van der Waals surface area contributed by atoms with Gasteiger partial charge in [-0.25, -0.2) is 0 Å². The smallest absolute Gasteiger partial charge is 0.293 e. The molecule has 0 unspecified atom stereocenters. The van der Waals surface area contributed by atoms with Gasteiger partial charge in [0.1, 0.15) is 5.69 Å². The quantitative estimate of drug-likeness (QED) is 0.414. The van der Waals surface area contributed by atoms with Gasteiger partial charge in [0.2, 0.25) is 0 Å². The second-order valence-corrected chi connectivity index (χ2v) is 4.34. The maximum Gasteiger partial charge on any atom is 0.293 e. The van der Waals surface area contributed by atoms with Gasteiger partial charge in [-0.3, -0.25) is 14.9 Å². The minimum atomic E-state index is -0.491. The predicted molar refractivity (Wildman–Crippen MR) is 80.7 cm³/mol. The minimum absolute atomic E-state index is 0.0964. The van der Waals surface area contributed by atoms with Crippen LogP contribution in [-0.2, 0) is 4.74 Å². The fourth-order valence-corrected chi connectivity index (χ4v) is 1.79. The summed E-state index contributed by atoms with van der Waals surface area (Å²) in [5.41, 5.74) is 0.438. The average molecular weight is 295 g/mol. The highest BCUT2D eigenvalue weighted by molar-refractivity contribution is 6.01. The van der Waals surface area contributed by atoms with E-state index in [-0.39, 0.29) is 22.8 Å². The molecule has 1 aromatic rings. The molecule has 0 saturated carbocycles. The molecule has 7 heteroatoms. The number of anilines is 1. The Hall–Kier alpha value is -2.15. The van der Waals surface area contributed by atoms with Crippen LogP contribution in [0, 0.1) is 10.1 Å². The van der Waals surface area contributed by atoms with Gasteiger partial charge in [0.15, 0.2) is 0 Å². The zero-order valence-corrected chi connectivity index (χ0v) is 12.3. The molecule has 0 spiro atoms. The Morgan fingerprint density at radius 2 is 2.10 bits per heavy atom. The normalized spacial score (nSPS) is 10.2. The van der Waals surface area contributed by atoms with Crippen molar-refractivity contribution in [2.24, 2.45) is 0 Å². The Morgan fingerprint density at radius 1 is 1.33 bits per heavy atom. The Balaban J connectivity index is 2.90. The molecule has 7 nitrogen and oxygen atoms in total. The molecule has 116 valence electrons. The number of carbonyl (C=O) groups excluding carboxylic acids is 1. The van der Waals surface area contributed by atoms with Gasteiger partial charge in [-0.05, 0) is 19.4 Å². The van der Waals surface area contributed by atoms with Gasteiger partial charge in [0.05, 0.1) is 17.1 Å². The lowest BCUT2D eigenvalue weighted by Gasteiger charge is -2.12. The molecule has 0 saturated heterocycles. The Labute approximate surface area is 123 Å². The van der Waals surface area contributed by atoms with Gasteiger partial charge < -0.3 is 15.4 Å². The van der Waals surface area contributed by atoms with Gasteiger partial charge in [-0.15, -0.1) is 0 Å². The largest absolute Gasteiger partial charge is 0.380 e. The van der Waals surface area contributed by atoms with E-state index >= 15 is 0 Å². The van der Waals surface area contributed by atoms with E-state index < -0.39 is 4.92 Å². The van der Waals surface area contributed by atoms with E-state index in [1.807, 2.05) is 13.8 Å². The Kier molecular flexibility index (Phi) is 7.17. The molecule has 0 bridgehead atoms. The molecule has 0 aliphatic rings. The average Bonchev–Trinajstić information content (AvgIpc) is 2.48. The maximum atomic E-state index is 12.1. The molecule has 21 heavy (non-hydrogen) atoms. The number of para-hydroxylation sites is 1. The van der Waals surface area contributed by atoms with Crippen molar-refractivity contribution in [1.82, 2.24) is 5.32 Å². The van der Waals surface area contributed by atoms with E-state index in [2.05, 4.69) is 10.6 Å². The van der Waals surface area contributed by atoms with Crippen LogP contribution in [0.25, 0.3) is 0 Å². The van der Waals surface area contributed by atoms with Crippen molar-refractivity contribution in [3.63, 3.8) is 0 Å². The molecule has 1 rings (SSSR count). The summed E-state index contributed by atoms with van der Waals surface area (Å²) in [4.78, 5) is 22.7. The molecule has 0 aromatic heterocycles. The SMILES string of the molecule is CCCNc1c(C(=O)NCCOCC)cccc1[N+](=O)[O-]. The maximum absolute atomic E-state index is 12.1. The van der Waals surface area contributed by atoms with E-state index in [0.29, 0.717) is 26.3 Å². The van der Waals surface area contributed by atoms with Crippen LogP contribution in [0.4, 0.5) is 11.4 Å². The van der Waals surface area contributed by atoms with Gasteiger partial charge in [-0.1, -0.05) is 13.0 Å². The van der Waals surface area contributed by atoms with E-state index in [4.69, 9.17) is 4.74 Å². The van der Waals surface area contributed by atoms with E-state index in [0.717, 1.165) is 6.42 Å². The number of nitro benzene ring substituents is 1. The van der Waals surface area contributed by atoms with Crippen molar-refractivity contribution in [2.75, 3.05) is 31.6 Å². The molecule has 2 N–H and O–H groups in total. The fourth-order valence-electron chi connectivity index (χ4n) is 1.79. The first kappa shape index (κ1) is 16.9. The third kappa shape index (κ3) is 5.03. The van der Waals surface area contributed by atoms with Crippen LogP contribution in [0.5, 0.6) is 0 Å². The fraction of sp³-hybridized carbons (Fsp3) is 0.500. The van der Waals surface area contributed by atoms with Crippen LogP contribution in [0.1, 0.15) is 30.6 Å². The molecular formula is C14H21N3O4. The lowest BCUT2D eigenvalue weighted by Crippen LogP contribution is -2.28. The van der Waals surface area contributed by atoms with E-state index in [9.17, 15) is 14.9 Å². The summed E-state index contributed by atoms with van der Waals surface area (Å²) in [7, 11) is 0. The van der Waals surface area contributed by atoms with Crippen molar-refractivity contribution in [3.8, 4) is 0 Å². The first-order valence-corrected chi connectivity index (χ1v) is 6.99. The number of carbonyl (C=O) groups is 1. The first-order valence-electron chi connectivity index (χ1n) is 6.99. The zero-order chi connectivity index (χ0) is 15.7. The van der Waals surface area contributed by atoms with Crippen LogP contribution < -0.4 is 10.6 Å². The third-order valence-corrected chi connectivity index (χ3v) is 2.77. The molecule has 0 radical (unpaired) electrons. The number of ether oxygens (including phenoxy) is 1.